The van der Waals surface area contributed by atoms with Crippen molar-refractivity contribution in [2.45, 2.75) is 19.7 Å². The maximum Gasteiger partial charge on any atom is 0.161 e. The molecule has 0 saturated heterocycles. The Morgan fingerprint density at radius 2 is 1.74 bits per heavy atom. The Balaban J connectivity index is 0.00000261. The first-order valence-corrected chi connectivity index (χ1v) is 9.76. The maximum atomic E-state index is 6.19. The summed E-state index contributed by atoms with van der Waals surface area (Å²) >= 11 is 14.1. The number of rotatable bonds is 8. The van der Waals surface area contributed by atoms with Crippen LogP contribution in [0.3, 0.4) is 0 Å². The SMILES string of the molecule is COc1cc(CNCc2cccs2)ccc1OCc1c(Cl)cccc1Cl.Cl. The van der Waals surface area contributed by atoms with Gasteiger partial charge in [-0.1, -0.05) is 41.4 Å². The molecule has 0 aliphatic carbocycles. The quantitative estimate of drug-likeness (QED) is 0.439. The molecule has 7 heteroatoms. The smallest absolute Gasteiger partial charge is 0.161 e. The zero-order chi connectivity index (χ0) is 18.4. The van der Waals surface area contributed by atoms with Gasteiger partial charge < -0.3 is 14.8 Å². The highest BCUT2D eigenvalue weighted by molar-refractivity contribution is 7.09. The van der Waals surface area contributed by atoms with Gasteiger partial charge in [0.25, 0.3) is 0 Å². The Morgan fingerprint density at radius 1 is 0.963 bits per heavy atom. The minimum atomic E-state index is 0. The van der Waals surface area contributed by atoms with Gasteiger partial charge in [-0.25, -0.2) is 0 Å². The fourth-order valence-corrected chi connectivity index (χ4v) is 3.69. The zero-order valence-corrected chi connectivity index (χ0v) is 17.9. The second-order valence-corrected chi connectivity index (χ2v) is 7.50. The molecule has 1 aromatic heterocycles. The molecule has 3 aromatic rings. The van der Waals surface area contributed by atoms with E-state index in [0.717, 1.165) is 24.2 Å². The van der Waals surface area contributed by atoms with Crippen LogP contribution in [0.1, 0.15) is 16.0 Å². The number of benzene rings is 2. The van der Waals surface area contributed by atoms with E-state index in [2.05, 4.69) is 22.8 Å². The fourth-order valence-electron chi connectivity index (χ4n) is 2.50. The Morgan fingerprint density at radius 3 is 2.41 bits per heavy atom. The standard InChI is InChI=1S/C20H19Cl2NO2S.ClH/c1-24-20-10-14(11-23-12-15-4-3-9-26-15)7-8-19(20)25-13-16-17(21)5-2-6-18(16)22;/h2-10,23H,11-13H2,1H3;1H. The van der Waals surface area contributed by atoms with Gasteiger partial charge in [0.05, 0.1) is 7.11 Å². The van der Waals surface area contributed by atoms with Gasteiger partial charge >= 0.3 is 0 Å². The van der Waals surface area contributed by atoms with Gasteiger partial charge in [0.2, 0.25) is 0 Å². The highest BCUT2D eigenvalue weighted by Gasteiger charge is 2.10. The molecule has 0 spiro atoms. The number of ether oxygens (including phenoxy) is 2. The largest absolute Gasteiger partial charge is 0.493 e. The van der Waals surface area contributed by atoms with Crippen molar-refractivity contribution in [3.05, 3.63) is 80.0 Å². The average Bonchev–Trinajstić information content (AvgIpc) is 3.15. The Kier molecular flexibility index (Phi) is 8.74. The zero-order valence-electron chi connectivity index (χ0n) is 14.7. The molecule has 27 heavy (non-hydrogen) atoms. The number of methoxy groups -OCH3 is 1. The van der Waals surface area contributed by atoms with E-state index in [9.17, 15) is 0 Å². The molecule has 144 valence electrons. The third-order valence-electron chi connectivity index (χ3n) is 3.87. The summed E-state index contributed by atoms with van der Waals surface area (Å²) in [6.07, 6.45) is 0. The fraction of sp³-hybridized carbons (Fsp3) is 0.200. The average molecular weight is 445 g/mol. The van der Waals surface area contributed by atoms with Crippen LogP contribution in [0.25, 0.3) is 0 Å². The van der Waals surface area contributed by atoms with Crippen molar-refractivity contribution in [3.8, 4) is 11.5 Å². The normalized spacial score (nSPS) is 10.3. The monoisotopic (exact) mass is 443 g/mol. The predicted octanol–water partition coefficient (Wildman–Crippen LogP) is 6.35. The molecule has 1 N–H and O–H groups in total. The molecular formula is C20H20Cl3NO2S. The highest BCUT2D eigenvalue weighted by atomic mass is 35.5. The van der Waals surface area contributed by atoms with Crippen LogP contribution in [0.15, 0.2) is 53.9 Å². The van der Waals surface area contributed by atoms with Crippen molar-refractivity contribution in [3.63, 3.8) is 0 Å². The first-order valence-electron chi connectivity index (χ1n) is 8.13. The molecule has 3 rings (SSSR count). The lowest BCUT2D eigenvalue weighted by Gasteiger charge is -2.14. The molecule has 0 atom stereocenters. The summed E-state index contributed by atoms with van der Waals surface area (Å²) in [6, 6.07) is 15.5. The number of hydrogen-bond acceptors (Lipinski definition) is 4. The molecule has 2 aromatic carbocycles. The predicted molar refractivity (Wildman–Crippen MR) is 116 cm³/mol. The van der Waals surface area contributed by atoms with E-state index < -0.39 is 0 Å². The Labute approximate surface area is 179 Å². The van der Waals surface area contributed by atoms with Crippen molar-refractivity contribution in [2.24, 2.45) is 0 Å². The van der Waals surface area contributed by atoms with Gasteiger partial charge in [0.1, 0.15) is 6.61 Å². The molecule has 3 nitrogen and oxygen atoms in total. The van der Waals surface area contributed by atoms with Crippen LogP contribution in [0.2, 0.25) is 10.0 Å². The number of hydrogen-bond donors (Lipinski definition) is 1. The number of halogens is 3. The van der Waals surface area contributed by atoms with E-state index in [1.165, 1.54) is 4.88 Å². The van der Waals surface area contributed by atoms with Crippen LogP contribution in [0.4, 0.5) is 0 Å². The van der Waals surface area contributed by atoms with E-state index in [4.69, 9.17) is 32.7 Å². The third-order valence-corrected chi connectivity index (χ3v) is 5.45. The number of thiophene rings is 1. The van der Waals surface area contributed by atoms with Crippen molar-refractivity contribution in [1.29, 1.82) is 0 Å². The van der Waals surface area contributed by atoms with Crippen LogP contribution in [0, 0.1) is 0 Å². The van der Waals surface area contributed by atoms with Crippen LogP contribution in [0.5, 0.6) is 11.5 Å². The summed E-state index contributed by atoms with van der Waals surface area (Å²) in [4.78, 5) is 1.31. The molecule has 0 aliphatic rings. The lowest BCUT2D eigenvalue weighted by Crippen LogP contribution is -2.11. The first-order chi connectivity index (χ1) is 12.7. The van der Waals surface area contributed by atoms with Crippen molar-refractivity contribution in [2.75, 3.05) is 7.11 Å². The molecule has 0 bridgehead atoms. The second kappa shape index (κ2) is 10.8. The van der Waals surface area contributed by atoms with E-state index in [-0.39, 0.29) is 19.0 Å². The lowest BCUT2D eigenvalue weighted by atomic mass is 10.2. The van der Waals surface area contributed by atoms with Gasteiger partial charge in [-0.3, -0.25) is 0 Å². The summed E-state index contributed by atoms with van der Waals surface area (Å²) in [7, 11) is 1.63. The summed E-state index contributed by atoms with van der Waals surface area (Å²) < 4.78 is 11.4. The summed E-state index contributed by atoms with van der Waals surface area (Å²) in [5, 5.41) is 6.69. The third kappa shape index (κ3) is 6.03. The molecule has 0 radical (unpaired) electrons. The summed E-state index contributed by atoms with van der Waals surface area (Å²) in [5.74, 6) is 1.34. The Bertz CT molecular complexity index is 836. The molecule has 0 aliphatic heterocycles. The molecule has 0 fully saturated rings. The summed E-state index contributed by atoms with van der Waals surface area (Å²) in [6.45, 7) is 1.89. The number of nitrogens with one attached hydrogen (secondary N) is 1. The van der Waals surface area contributed by atoms with Crippen molar-refractivity contribution in [1.82, 2.24) is 5.32 Å². The molecule has 0 saturated carbocycles. The lowest BCUT2D eigenvalue weighted by molar-refractivity contribution is 0.284. The Hall–Kier alpha value is -1.43. The minimum Gasteiger partial charge on any atom is -0.493 e. The molecule has 0 unspecified atom stereocenters. The van der Waals surface area contributed by atoms with Gasteiger partial charge in [-0.2, -0.15) is 0 Å². The molecule has 1 heterocycles. The first kappa shape index (κ1) is 21.9. The van der Waals surface area contributed by atoms with Gasteiger partial charge in [0, 0.05) is 33.6 Å². The van der Waals surface area contributed by atoms with E-state index in [1.807, 2.05) is 24.3 Å². The topological polar surface area (TPSA) is 30.5 Å². The van der Waals surface area contributed by atoms with Gasteiger partial charge in [0.15, 0.2) is 11.5 Å². The van der Waals surface area contributed by atoms with E-state index in [1.54, 1.807) is 30.6 Å². The van der Waals surface area contributed by atoms with Crippen LogP contribution >= 0.6 is 46.9 Å². The summed E-state index contributed by atoms with van der Waals surface area (Å²) in [5.41, 5.74) is 1.89. The highest BCUT2D eigenvalue weighted by Crippen LogP contribution is 2.31. The molecule has 0 amide bonds. The van der Waals surface area contributed by atoms with Crippen molar-refractivity contribution >= 4 is 46.9 Å². The van der Waals surface area contributed by atoms with Crippen LogP contribution in [-0.2, 0) is 19.7 Å². The van der Waals surface area contributed by atoms with E-state index in [0.29, 0.717) is 21.5 Å². The second-order valence-electron chi connectivity index (χ2n) is 5.66. The maximum absolute atomic E-state index is 6.19. The van der Waals surface area contributed by atoms with Crippen LogP contribution in [-0.4, -0.2) is 7.11 Å². The van der Waals surface area contributed by atoms with Crippen LogP contribution < -0.4 is 14.8 Å². The van der Waals surface area contributed by atoms with Crippen molar-refractivity contribution < 1.29 is 9.47 Å². The van der Waals surface area contributed by atoms with Gasteiger partial charge in [-0.15, -0.1) is 23.7 Å². The minimum absolute atomic E-state index is 0. The van der Waals surface area contributed by atoms with Gasteiger partial charge in [-0.05, 0) is 41.3 Å². The van der Waals surface area contributed by atoms with E-state index >= 15 is 0 Å². The molecular weight excluding hydrogens is 425 g/mol.